The van der Waals surface area contributed by atoms with Crippen molar-refractivity contribution in [3.8, 4) is 0 Å². The molecule has 3 fully saturated rings. The van der Waals surface area contributed by atoms with E-state index in [0.717, 1.165) is 51.5 Å². The third-order valence-corrected chi connectivity index (χ3v) is 6.27. The van der Waals surface area contributed by atoms with E-state index in [4.69, 9.17) is 4.74 Å². The van der Waals surface area contributed by atoms with Crippen molar-refractivity contribution in [2.24, 2.45) is 17.8 Å². The van der Waals surface area contributed by atoms with E-state index < -0.39 is 0 Å². The number of carbonyl (C=O) groups excluding carboxylic acids is 1. The molecule has 4 nitrogen and oxygen atoms in total. The van der Waals surface area contributed by atoms with Crippen LogP contribution in [-0.2, 0) is 16.1 Å². The number of likely N-dealkylation sites (tertiary alicyclic amines) is 1. The zero-order chi connectivity index (χ0) is 15.6. The molecular formula is C18H26N2O2S. The molecule has 4 rings (SSSR count). The number of amides is 1. The van der Waals surface area contributed by atoms with Crippen molar-refractivity contribution >= 4 is 17.2 Å². The molecule has 0 bridgehead atoms. The van der Waals surface area contributed by atoms with E-state index in [9.17, 15) is 4.79 Å². The van der Waals surface area contributed by atoms with E-state index in [1.54, 1.807) is 11.3 Å². The predicted molar refractivity (Wildman–Crippen MR) is 91.3 cm³/mol. The quantitative estimate of drug-likeness (QED) is 0.899. The van der Waals surface area contributed by atoms with Crippen LogP contribution < -0.4 is 5.32 Å². The molecule has 1 saturated carbocycles. The first-order chi connectivity index (χ1) is 11.3. The number of piperidine rings is 1. The van der Waals surface area contributed by atoms with Gasteiger partial charge in [0.05, 0.1) is 6.10 Å². The lowest BCUT2D eigenvalue weighted by Gasteiger charge is -2.44. The topological polar surface area (TPSA) is 41.6 Å². The third-order valence-electron chi connectivity index (χ3n) is 5.54. The summed E-state index contributed by atoms with van der Waals surface area (Å²) in [5, 5.41) is 7.56. The Morgan fingerprint density at radius 1 is 1.35 bits per heavy atom. The van der Waals surface area contributed by atoms with Crippen LogP contribution in [0.5, 0.6) is 0 Å². The standard InChI is InChI=1S/C18H26N2O2S/c21-18(19-9-13-1-2-13)15-4-7-22-17-3-6-20(11-16(15)17)10-14-5-8-23-12-14/h5,8,12-13,15-17H,1-4,6-7,9-11H2,(H,19,21)/t15-,16+,17-/m1/s1. The highest BCUT2D eigenvalue weighted by atomic mass is 32.1. The molecule has 0 spiro atoms. The summed E-state index contributed by atoms with van der Waals surface area (Å²) in [4.78, 5) is 15.1. The molecule has 1 aliphatic carbocycles. The maximum atomic E-state index is 12.6. The summed E-state index contributed by atoms with van der Waals surface area (Å²) in [6.07, 6.45) is 4.79. The lowest BCUT2D eigenvalue weighted by atomic mass is 9.79. The van der Waals surface area contributed by atoms with Gasteiger partial charge in [-0.1, -0.05) is 0 Å². The Bertz CT molecular complexity index is 529. The first kappa shape index (κ1) is 15.6. The Balaban J connectivity index is 1.37. The SMILES string of the molecule is O=C(NCC1CC1)[C@@H]1CCO[C@@H]2CCN(Cc3ccsc3)C[C@H]21. The highest BCUT2D eigenvalue weighted by molar-refractivity contribution is 7.07. The molecule has 3 atom stereocenters. The Morgan fingerprint density at radius 3 is 3.04 bits per heavy atom. The second-order valence-corrected chi connectivity index (χ2v) is 8.09. The summed E-state index contributed by atoms with van der Waals surface area (Å²) in [6.45, 7) is 4.69. The summed E-state index contributed by atoms with van der Waals surface area (Å²) < 4.78 is 5.98. The van der Waals surface area contributed by atoms with Gasteiger partial charge in [0.15, 0.2) is 0 Å². The number of hydrogen-bond donors (Lipinski definition) is 1. The van der Waals surface area contributed by atoms with Gasteiger partial charge in [0, 0.05) is 44.6 Å². The van der Waals surface area contributed by atoms with Crippen molar-refractivity contribution < 1.29 is 9.53 Å². The molecule has 3 heterocycles. The van der Waals surface area contributed by atoms with Crippen LogP contribution in [0.1, 0.15) is 31.2 Å². The maximum Gasteiger partial charge on any atom is 0.223 e. The molecule has 2 aliphatic heterocycles. The minimum atomic E-state index is 0.137. The minimum absolute atomic E-state index is 0.137. The first-order valence-corrected chi connectivity index (χ1v) is 9.86. The van der Waals surface area contributed by atoms with Gasteiger partial charge in [-0.15, -0.1) is 0 Å². The summed E-state index contributed by atoms with van der Waals surface area (Å²) in [5.74, 6) is 1.51. The van der Waals surface area contributed by atoms with Gasteiger partial charge in [0.25, 0.3) is 0 Å². The summed E-state index contributed by atoms with van der Waals surface area (Å²) in [6, 6.07) is 2.20. The molecule has 3 aliphatic rings. The molecule has 2 saturated heterocycles. The molecule has 0 unspecified atom stereocenters. The van der Waals surface area contributed by atoms with Crippen LogP contribution in [0.25, 0.3) is 0 Å². The van der Waals surface area contributed by atoms with E-state index in [2.05, 4.69) is 27.0 Å². The van der Waals surface area contributed by atoms with Gasteiger partial charge in [-0.25, -0.2) is 0 Å². The average molecular weight is 334 g/mol. The number of nitrogens with zero attached hydrogens (tertiary/aromatic N) is 1. The number of nitrogens with one attached hydrogen (secondary N) is 1. The van der Waals surface area contributed by atoms with Crippen molar-refractivity contribution in [3.63, 3.8) is 0 Å². The summed E-state index contributed by atoms with van der Waals surface area (Å²) in [5.41, 5.74) is 1.39. The molecule has 1 amide bonds. The molecule has 0 aromatic carbocycles. The molecule has 1 aromatic rings. The molecule has 23 heavy (non-hydrogen) atoms. The zero-order valence-corrected chi connectivity index (χ0v) is 14.4. The fourth-order valence-electron chi connectivity index (χ4n) is 3.99. The van der Waals surface area contributed by atoms with E-state index in [-0.39, 0.29) is 17.9 Å². The summed E-state index contributed by atoms with van der Waals surface area (Å²) in [7, 11) is 0. The van der Waals surface area contributed by atoms with Crippen LogP contribution in [-0.4, -0.2) is 43.2 Å². The van der Waals surface area contributed by atoms with Crippen molar-refractivity contribution in [1.82, 2.24) is 10.2 Å². The molecule has 5 heteroatoms. The van der Waals surface area contributed by atoms with Gasteiger partial charge >= 0.3 is 0 Å². The number of fused-ring (bicyclic) bond motifs is 1. The van der Waals surface area contributed by atoms with Gasteiger partial charge in [0.1, 0.15) is 0 Å². The second kappa shape index (κ2) is 6.91. The number of rotatable bonds is 5. The molecule has 0 radical (unpaired) electrons. The molecule has 1 N–H and O–H groups in total. The maximum absolute atomic E-state index is 12.6. The number of ether oxygens (including phenoxy) is 1. The second-order valence-electron chi connectivity index (χ2n) is 7.31. The van der Waals surface area contributed by atoms with Crippen LogP contribution in [0.4, 0.5) is 0 Å². The molecule has 126 valence electrons. The van der Waals surface area contributed by atoms with Gasteiger partial charge in [-0.3, -0.25) is 9.69 Å². The predicted octanol–water partition coefficient (Wildman–Crippen LogP) is 2.50. The fraction of sp³-hybridized carbons (Fsp3) is 0.722. The Hall–Kier alpha value is -0.910. The van der Waals surface area contributed by atoms with Crippen molar-refractivity contribution in [1.29, 1.82) is 0 Å². The van der Waals surface area contributed by atoms with Gasteiger partial charge in [0.2, 0.25) is 5.91 Å². The van der Waals surface area contributed by atoms with Gasteiger partial charge in [-0.2, -0.15) is 11.3 Å². The van der Waals surface area contributed by atoms with Gasteiger partial charge in [-0.05, 0) is 54.0 Å². The van der Waals surface area contributed by atoms with Gasteiger partial charge < -0.3 is 10.1 Å². The van der Waals surface area contributed by atoms with Crippen molar-refractivity contribution in [2.75, 3.05) is 26.2 Å². The van der Waals surface area contributed by atoms with E-state index >= 15 is 0 Å². The summed E-state index contributed by atoms with van der Waals surface area (Å²) >= 11 is 1.76. The third kappa shape index (κ3) is 3.78. The normalized spacial score (nSPS) is 31.6. The van der Waals surface area contributed by atoms with E-state index in [1.165, 1.54) is 18.4 Å². The van der Waals surface area contributed by atoms with Crippen LogP contribution in [0, 0.1) is 17.8 Å². The van der Waals surface area contributed by atoms with E-state index in [0.29, 0.717) is 5.92 Å². The van der Waals surface area contributed by atoms with E-state index in [1.807, 2.05) is 0 Å². The van der Waals surface area contributed by atoms with Crippen LogP contribution in [0.3, 0.4) is 0 Å². The Labute approximate surface area is 142 Å². The fourth-order valence-corrected chi connectivity index (χ4v) is 4.65. The lowest BCUT2D eigenvalue weighted by molar-refractivity contribution is -0.142. The largest absolute Gasteiger partial charge is 0.378 e. The number of thiophene rings is 1. The Kier molecular flexibility index (Phi) is 4.69. The van der Waals surface area contributed by atoms with Crippen LogP contribution in [0.2, 0.25) is 0 Å². The number of carbonyl (C=O) groups is 1. The minimum Gasteiger partial charge on any atom is -0.378 e. The first-order valence-electron chi connectivity index (χ1n) is 8.92. The average Bonchev–Trinajstić information content (AvgIpc) is 3.27. The highest BCUT2D eigenvalue weighted by Crippen LogP contribution is 2.34. The van der Waals surface area contributed by atoms with Crippen molar-refractivity contribution in [3.05, 3.63) is 22.4 Å². The monoisotopic (exact) mass is 334 g/mol. The number of hydrogen-bond acceptors (Lipinski definition) is 4. The lowest BCUT2D eigenvalue weighted by Crippen LogP contribution is -2.53. The van der Waals surface area contributed by atoms with Crippen molar-refractivity contribution in [2.45, 2.75) is 38.3 Å². The highest BCUT2D eigenvalue weighted by Gasteiger charge is 2.41. The zero-order valence-electron chi connectivity index (χ0n) is 13.6. The Morgan fingerprint density at radius 2 is 2.26 bits per heavy atom. The van der Waals surface area contributed by atoms with Crippen LogP contribution in [0.15, 0.2) is 16.8 Å². The molecular weight excluding hydrogens is 308 g/mol. The smallest absolute Gasteiger partial charge is 0.223 e. The van der Waals surface area contributed by atoms with Crippen LogP contribution >= 0.6 is 11.3 Å². The molecule has 1 aromatic heterocycles.